The molecule has 0 radical (unpaired) electrons. The summed E-state index contributed by atoms with van der Waals surface area (Å²) >= 11 is 6.00. The fraction of sp³-hybridized carbons (Fsp3) is 0.238. The van der Waals surface area contributed by atoms with E-state index in [1.807, 2.05) is 0 Å². The van der Waals surface area contributed by atoms with Gasteiger partial charge in [-0.2, -0.15) is 0 Å². The van der Waals surface area contributed by atoms with Crippen LogP contribution in [0.5, 0.6) is 0 Å². The van der Waals surface area contributed by atoms with Crippen molar-refractivity contribution in [3.8, 4) is 0 Å². The number of benzene rings is 2. The summed E-state index contributed by atoms with van der Waals surface area (Å²) in [5, 5.41) is 5.69. The zero-order chi connectivity index (χ0) is 22.1. The number of carbonyl (C=O) groups excluding carboxylic acids is 4. The van der Waals surface area contributed by atoms with E-state index in [1.165, 1.54) is 4.90 Å². The van der Waals surface area contributed by atoms with Gasteiger partial charge in [0, 0.05) is 30.4 Å². The van der Waals surface area contributed by atoms with Gasteiger partial charge in [-0.15, -0.1) is 0 Å². The Bertz CT molecular complexity index is 1020. The molecule has 1 atom stereocenters. The van der Waals surface area contributed by atoms with Crippen LogP contribution in [0.15, 0.2) is 48.5 Å². The molecule has 8 nitrogen and oxygen atoms in total. The molecule has 1 aliphatic heterocycles. The molecule has 3 rings (SSSR count). The first-order valence-electron chi connectivity index (χ1n) is 9.13. The lowest BCUT2D eigenvalue weighted by molar-refractivity contribution is -0.133. The highest BCUT2D eigenvalue weighted by molar-refractivity contribution is 6.30. The Morgan fingerprint density at radius 3 is 2.40 bits per heavy atom. The van der Waals surface area contributed by atoms with Crippen LogP contribution in [-0.4, -0.2) is 54.2 Å². The Morgan fingerprint density at radius 2 is 1.80 bits per heavy atom. The number of imide groups is 1. The summed E-state index contributed by atoms with van der Waals surface area (Å²) in [5.74, 6) is -1.25. The number of urea groups is 1. The van der Waals surface area contributed by atoms with E-state index in [0.29, 0.717) is 21.8 Å². The normalized spacial score (nSPS) is 18.2. The molecule has 1 heterocycles. The fourth-order valence-corrected chi connectivity index (χ4v) is 3.32. The number of hydrogen-bond acceptors (Lipinski definition) is 4. The molecule has 5 amide bonds. The number of amides is 5. The molecule has 0 aliphatic carbocycles. The van der Waals surface area contributed by atoms with Gasteiger partial charge < -0.3 is 15.5 Å². The summed E-state index contributed by atoms with van der Waals surface area (Å²) in [7, 11) is 3.29. The Morgan fingerprint density at radius 1 is 1.13 bits per heavy atom. The maximum Gasteiger partial charge on any atom is 0.325 e. The van der Waals surface area contributed by atoms with Crippen molar-refractivity contribution in [2.24, 2.45) is 0 Å². The summed E-state index contributed by atoms with van der Waals surface area (Å²) < 4.78 is 0. The van der Waals surface area contributed by atoms with Crippen molar-refractivity contribution in [3.05, 3.63) is 64.7 Å². The Kier molecular flexibility index (Phi) is 5.80. The predicted octanol–water partition coefficient (Wildman–Crippen LogP) is 2.45. The summed E-state index contributed by atoms with van der Waals surface area (Å²) in [5.41, 5.74) is 0.137. The summed E-state index contributed by atoms with van der Waals surface area (Å²) in [6, 6.07) is 12.3. The molecule has 2 aromatic rings. The lowest BCUT2D eigenvalue weighted by atomic mass is 9.92. The van der Waals surface area contributed by atoms with Gasteiger partial charge in [0.1, 0.15) is 12.1 Å². The third-order valence-corrected chi connectivity index (χ3v) is 5.04. The average Bonchev–Trinajstić information content (AvgIpc) is 2.92. The van der Waals surface area contributed by atoms with Crippen molar-refractivity contribution in [3.63, 3.8) is 0 Å². The van der Waals surface area contributed by atoms with Gasteiger partial charge in [0.2, 0.25) is 5.91 Å². The van der Waals surface area contributed by atoms with Gasteiger partial charge >= 0.3 is 6.03 Å². The zero-order valence-corrected chi connectivity index (χ0v) is 17.5. The van der Waals surface area contributed by atoms with Crippen molar-refractivity contribution in [1.82, 2.24) is 15.1 Å². The van der Waals surface area contributed by atoms with E-state index in [1.54, 1.807) is 69.6 Å². The van der Waals surface area contributed by atoms with Crippen molar-refractivity contribution < 1.29 is 19.2 Å². The number of carbonyl (C=O) groups is 4. The van der Waals surface area contributed by atoms with Gasteiger partial charge in [0.25, 0.3) is 11.8 Å². The molecule has 1 unspecified atom stereocenters. The summed E-state index contributed by atoms with van der Waals surface area (Å²) in [6.07, 6.45) is 0. The molecule has 2 N–H and O–H groups in total. The topological polar surface area (TPSA) is 98.8 Å². The zero-order valence-electron chi connectivity index (χ0n) is 16.7. The molecule has 156 valence electrons. The van der Waals surface area contributed by atoms with Crippen LogP contribution in [0.2, 0.25) is 5.02 Å². The molecule has 0 bridgehead atoms. The molecule has 9 heteroatoms. The average molecular weight is 429 g/mol. The Hall–Kier alpha value is -3.39. The van der Waals surface area contributed by atoms with Crippen LogP contribution in [0.3, 0.4) is 0 Å². The van der Waals surface area contributed by atoms with E-state index in [0.717, 1.165) is 4.90 Å². The quantitative estimate of drug-likeness (QED) is 0.714. The van der Waals surface area contributed by atoms with Gasteiger partial charge in [0.15, 0.2) is 0 Å². The van der Waals surface area contributed by atoms with E-state index < -0.39 is 29.9 Å². The lowest BCUT2D eigenvalue weighted by Gasteiger charge is -2.22. The third kappa shape index (κ3) is 4.13. The van der Waals surface area contributed by atoms with Crippen LogP contribution < -0.4 is 10.6 Å². The van der Waals surface area contributed by atoms with E-state index in [-0.39, 0.29) is 5.91 Å². The Labute approximate surface area is 178 Å². The minimum Gasteiger partial charge on any atom is -0.345 e. The van der Waals surface area contributed by atoms with Crippen LogP contribution >= 0.6 is 11.6 Å². The highest BCUT2D eigenvalue weighted by atomic mass is 35.5. The van der Waals surface area contributed by atoms with Gasteiger partial charge in [-0.1, -0.05) is 23.7 Å². The summed E-state index contributed by atoms with van der Waals surface area (Å²) in [6.45, 7) is 1.12. The molecule has 1 saturated heterocycles. The molecule has 2 aromatic carbocycles. The number of nitrogens with zero attached hydrogens (tertiary/aromatic N) is 2. The smallest absolute Gasteiger partial charge is 0.325 e. The molecule has 0 saturated carbocycles. The minimum atomic E-state index is -1.31. The van der Waals surface area contributed by atoms with Gasteiger partial charge in [-0.25, -0.2) is 4.79 Å². The second-order valence-corrected chi connectivity index (χ2v) is 7.72. The molecular formula is C21H21ClN4O4. The van der Waals surface area contributed by atoms with Crippen molar-refractivity contribution in [1.29, 1.82) is 0 Å². The van der Waals surface area contributed by atoms with Crippen molar-refractivity contribution >= 4 is 41.0 Å². The Balaban J connectivity index is 1.69. The number of anilines is 1. The largest absolute Gasteiger partial charge is 0.345 e. The SMILES string of the molecule is CN(C)C(=O)c1ccc(NC(=O)CN2C(=O)NC(C)(c3cccc(Cl)c3)C2=O)cc1. The van der Waals surface area contributed by atoms with E-state index >= 15 is 0 Å². The number of rotatable bonds is 5. The van der Waals surface area contributed by atoms with E-state index in [9.17, 15) is 19.2 Å². The lowest BCUT2D eigenvalue weighted by Crippen LogP contribution is -2.42. The van der Waals surface area contributed by atoms with Crippen LogP contribution in [0.25, 0.3) is 0 Å². The number of nitrogens with one attached hydrogen (secondary N) is 2. The first-order chi connectivity index (χ1) is 14.1. The first kappa shape index (κ1) is 21.3. The highest BCUT2D eigenvalue weighted by Gasteiger charge is 2.49. The van der Waals surface area contributed by atoms with E-state index in [4.69, 9.17) is 11.6 Å². The maximum absolute atomic E-state index is 12.9. The van der Waals surface area contributed by atoms with Crippen LogP contribution in [0, 0.1) is 0 Å². The molecule has 0 spiro atoms. The summed E-state index contributed by atoms with van der Waals surface area (Å²) in [4.78, 5) is 51.9. The molecule has 0 aromatic heterocycles. The van der Waals surface area contributed by atoms with Crippen LogP contribution in [0.4, 0.5) is 10.5 Å². The number of halogens is 1. The molecule has 1 aliphatic rings. The monoisotopic (exact) mass is 428 g/mol. The van der Waals surface area contributed by atoms with Crippen molar-refractivity contribution in [2.45, 2.75) is 12.5 Å². The van der Waals surface area contributed by atoms with Crippen molar-refractivity contribution in [2.75, 3.05) is 26.0 Å². The molecule has 30 heavy (non-hydrogen) atoms. The van der Waals surface area contributed by atoms with Crippen LogP contribution in [0.1, 0.15) is 22.8 Å². The third-order valence-electron chi connectivity index (χ3n) is 4.80. The highest BCUT2D eigenvalue weighted by Crippen LogP contribution is 2.30. The minimum absolute atomic E-state index is 0.160. The first-order valence-corrected chi connectivity index (χ1v) is 9.51. The van der Waals surface area contributed by atoms with Gasteiger partial charge in [-0.3, -0.25) is 19.3 Å². The standard InChI is InChI=1S/C21H21ClN4O4/c1-21(14-5-4-6-15(22)11-14)19(29)26(20(30)24-21)12-17(27)23-16-9-7-13(8-10-16)18(28)25(2)3/h4-11H,12H2,1-3H3,(H,23,27)(H,24,30). The molecule has 1 fully saturated rings. The predicted molar refractivity (Wildman–Crippen MR) is 112 cm³/mol. The second kappa shape index (κ2) is 8.16. The second-order valence-electron chi connectivity index (χ2n) is 7.28. The molecular weight excluding hydrogens is 408 g/mol. The van der Waals surface area contributed by atoms with Gasteiger partial charge in [0.05, 0.1) is 0 Å². The van der Waals surface area contributed by atoms with Gasteiger partial charge in [-0.05, 0) is 48.9 Å². The van der Waals surface area contributed by atoms with E-state index in [2.05, 4.69) is 10.6 Å². The fourth-order valence-electron chi connectivity index (χ4n) is 3.13. The number of hydrogen-bond donors (Lipinski definition) is 2. The van der Waals surface area contributed by atoms with Crippen LogP contribution in [-0.2, 0) is 15.1 Å². The maximum atomic E-state index is 12.9.